The van der Waals surface area contributed by atoms with Gasteiger partial charge in [0.15, 0.2) is 0 Å². The van der Waals surface area contributed by atoms with Crippen LogP contribution >= 0.6 is 0 Å². The molecule has 0 bridgehead atoms. The molecule has 18 heavy (non-hydrogen) atoms. The van der Waals surface area contributed by atoms with E-state index in [-0.39, 0.29) is 0 Å². The third-order valence-corrected chi connectivity index (χ3v) is 3.28. The first kappa shape index (κ1) is 11.3. The maximum atomic E-state index is 5.35. The normalized spacial score (nSPS) is 19.3. The van der Waals surface area contributed by atoms with Gasteiger partial charge < -0.3 is 4.74 Å². The average Bonchev–Trinajstić information content (AvgIpc) is 3.02. The Labute approximate surface area is 106 Å². The van der Waals surface area contributed by atoms with Gasteiger partial charge in [-0.25, -0.2) is 0 Å². The van der Waals surface area contributed by atoms with Gasteiger partial charge in [-0.2, -0.15) is 4.80 Å². The molecule has 1 aromatic carbocycles. The third kappa shape index (κ3) is 2.26. The molecule has 0 spiro atoms. The van der Waals surface area contributed by atoms with Crippen LogP contribution in [0.1, 0.15) is 12.0 Å². The summed E-state index contributed by atoms with van der Waals surface area (Å²) in [7, 11) is 0. The molecule has 5 nitrogen and oxygen atoms in total. The Balaban J connectivity index is 1.79. The van der Waals surface area contributed by atoms with Crippen molar-refractivity contribution in [3.05, 3.63) is 29.8 Å². The van der Waals surface area contributed by atoms with E-state index in [0.717, 1.165) is 31.7 Å². The second-order valence-electron chi connectivity index (χ2n) is 4.71. The van der Waals surface area contributed by atoms with E-state index in [4.69, 9.17) is 4.74 Å². The summed E-state index contributed by atoms with van der Waals surface area (Å²) in [6, 6.07) is 8.09. The lowest BCUT2D eigenvalue weighted by atomic mass is 10.1. The second-order valence-corrected chi connectivity index (χ2v) is 4.71. The largest absolute Gasteiger partial charge is 0.381 e. The summed E-state index contributed by atoms with van der Waals surface area (Å²) < 4.78 is 5.35. The summed E-state index contributed by atoms with van der Waals surface area (Å²) in [4.78, 5) is 1.68. The summed E-state index contributed by atoms with van der Waals surface area (Å²) in [5, 5.41) is 12.7. The molecule has 1 fully saturated rings. The van der Waals surface area contributed by atoms with Crippen molar-refractivity contribution >= 4 is 0 Å². The zero-order valence-corrected chi connectivity index (χ0v) is 10.4. The molecular formula is C13H16N4O. The van der Waals surface area contributed by atoms with Gasteiger partial charge in [-0.1, -0.05) is 24.3 Å². The van der Waals surface area contributed by atoms with E-state index >= 15 is 0 Å². The number of hydrogen-bond acceptors (Lipinski definition) is 4. The highest BCUT2D eigenvalue weighted by Crippen LogP contribution is 2.19. The average molecular weight is 244 g/mol. The first-order chi connectivity index (χ1) is 8.83. The number of aryl methyl sites for hydroxylation is 1. The first-order valence-electron chi connectivity index (χ1n) is 6.24. The fourth-order valence-electron chi connectivity index (χ4n) is 2.21. The Hall–Kier alpha value is -1.75. The predicted octanol–water partition coefficient (Wildman–Crippen LogP) is 1.69. The molecule has 1 atom stereocenters. The molecule has 1 aliphatic rings. The Bertz CT molecular complexity index is 531. The van der Waals surface area contributed by atoms with E-state index in [1.807, 2.05) is 18.2 Å². The monoisotopic (exact) mass is 244 g/mol. The number of benzene rings is 1. The molecule has 2 heterocycles. The van der Waals surface area contributed by atoms with Crippen LogP contribution in [0.4, 0.5) is 0 Å². The molecule has 0 unspecified atom stereocenters. The number of hydrogen-bond donors (Lipinski definition) is 0. The topological polar surface area (TPSA) is 52.8 Å². The van der Waals surface area contributed by atoms with Crippen molar-refractivity contribution in [2.45, 2.75) is 19.9 Å². The van der Waals surface area contributed by atoms with Gasteiger partial charge in [0.05, 0.1) is 13.2 Å². The van der Waals surface area contributed by atoms with Crippen LogP contribution in [-0.2, 0) is 11.3 Å². The molecule has 5 heteroatoms. The zero-order valence-electron chi connectivity index (χ0n) is 10.4. The zero-order chi connectivity index (χ0) is 12.4. The SMILES string of the molecule is Cc1ccccc1-c1nnn(C[C@H]2CCOC2)n1. The van der Waals surface area contributed by atoms with Crippen molar-refractivity contribution in [1.82, 2.24) is 20.2 Å². The van der Waals surface area contributed by atoms with Gasteiger partial charge in [-0.05, 0) is 24.1 Å². The van der Waals surface area contributed by atoms with E-state index in [1.165, 1.54) is 5.56 Å². The van der Waals surface area contributed by atoms with Crippen LogP contribution in [0.15, 0.2) is 24.3 Å². The van der Waals surface area contributed by atoms with E-state index < -0.39 is 0 Å². The highest BCUT2D eigenvalue weighted by Gasteiger charge is 2.18. The number of tetrazole rings is 1. The standard InChI is InChI=1S/C13H16N4O/c1-10-4-2-3-5-12(10)13-14-16-17(15-13)8-11-6-7-18-9-11/h2-5,11H,6-9H2,1H3/t11-/m1/s1. The van der Waals surface area contributed by atoms with Gasteiger partial charge in [0.1, 0.15) is 0 Å². The van der Waals surface area contributed by atoms with Crippen LogP contribution in [-0.4, -0.2) is 33.4 Å². The number of aromatic nitrogens is 4. The van der Waals surface area contributed by atoms with Crippen molar-refractivity contribution in [3.8, 4) is 11.4 Å². The summed E-state index contributed by atoms with van der Waals surface area (Å²) in [5.74, 6) is 1.22. The van der Waals surface area contributed by atoms with Gasteiger partial charge in [0, 0.05) is 18.1 Å². The molecule has 0 radical (unpaired) electrons. The Morgan fingerprint density at radius 1 is 1.39 bits per heavy atom. The van der Waals surface area contributed by atoms with Gasteiger partial charge in [0.2, 0.25) is 5.82 Å². The summed E-state index contributed by atoms with van der Waals surface area (Å²) in [6.07, 6.45) is 1.08. The molecule has 94 valence electrons. The van der Waals surface area contributed by atoms with E-state index in [0.29, 0.717) is 11.7 Å². The lowest BCUT2D eigenvalue weighted by Gasteiger charge is -2.04. The van der Waals surface area contributed by atoms with Gasteiger partial charge >= 0.3 is 0 Å². The molecule has 1 aromatic heterocycles. The van der Waals surface area contributed by atoms with Gasteiger partial charge in [-0.3, -0.25) is 0 Å². The Morgan fingerprint density at radius 2 is 2.28 bits per heavy atom. The van der Waals surface area contributed by atoms with Crippen LogP contribution in [0.25, 0.3) is 11.4 Å². The van der Waals surface area contributed by atoms with E-state index in [2.05, 4.69) is 28.4 Å². The minimum atomic E-state index is 0.518. The molecule has 0 amide bonds. The van der Waals surface area contributed by atoms with Crippen molar-refractivity contribution < 1.29 is 4.74 Å². The predicted molar refractivity (Wildman–Crippen MR) is 66.9 cm³/mol. The Morgan fingerprint density at radius 3 is 3.06 bits per heavy atom. The molecule has 3 rings (SSSR count). The fraction of sp³-hybridized carbons (Fsp3) is 0.462. The van der Waals surface area contributed by atoms with Crippen molar-refractivity contribution in [3.63, 3.8) is 0 Å². The maximum absolute atomic E-state index is 5.35. The van der Waals surface area contributed by atoms with Crippen molar-refractivity contribution in [1.29, 1.82) is 0 Å². The van der Waals surface area contributed by atoms with E-state index in [9.17, 15) is 0 Å². The minimum absolute atomic E-state index is 0.518. The number of ether oxygens (including phenoxy) is 1. The molecule has 0 saturated carbocycles. The van der Waals surface area contributed by atoms with Gasteiger partial charge in [-0.15, -0.1) is 10.2 Å². The molecule has 0 aliphatic carbocycles. The fourth-order valence-corrected chi connectivity index (χ4v) is 2.21. The molecule has 1 saturated heterocycles. The van der Waals surface area contributed by atoms with Gasteiger partial charge in [0.25, 0.3) is 0 Å². The van der Waals surface area contributed by atoms with Crippen LogP contribution in [0.2, 0.25) is 0 Å². The highest BCUT2D eigenvalue weighted by molar-refractivity contribution is 5.58. The highest BCUT2D eigenvalue weighted by atomic mass is 16.5. The third-order valence-electron chi connectivity index (χ3n) is 3.28. The lowest BCUT2D eigenvalue weighted by molar-refractivity contribution is 0.180. The number of nitrogens with zero attached hydrogens (tertiary/aromatic N) is 4. The first-order valence-corrected chi connectivity index (χ1v) is 6.24. The quantitative estimate of drug-likeness (QED) is 0.824. The van der Waals surface area contributed by atoms with Crippen molar-refractivity contribution in [2.24, 2.45) is 5.92 Å². The summed E-state index contributed by atoms with van der Waals surface area (Å²) >= 11 is 0. The summed E-state index contributed by atoms with van der Waals surface area (Å²) in [6.45, 7) is 4.50. The molecule has 0 N–H and O–H groups in total. The maximum Gasteiger partial charge on any atom is 0.205 e. The lowest BCUT2D eigenvalue weighted by Crippen LogP contribution is -2.13. The van der Waals surface area contributed by atoms with Crippen LogP contribution in [0, 0.1) is 12.8 Å². The Kier molecular flexibility index (Phi) is 3.06. The molecular weight excluding hydrogens is 228 g/mol. The van der Waals surface area contributed by atoms with Crippen LogP contribution in [0.3, 0.4) is 0 Å². The van der Waals surface area contributed by atoms with Crippen molar-refractivity contribution in [2.75, 3.05) is 13.2 Å². The molecule has 2 aromatic rings. The van der Waals surface area contributed by atoms with Crippen LogP contribution in [0.5, 0.6) is 0 Å². The number of rotatable bonds is 3. The summed E-state index contributed by atoms with van der Waals surface area (Å²) in [5.41, 5.74) is 2.22. The van der Waals surface area contributed by atoms with E-state index in [1.54, 1.807) is 4.80 Å². The minimum Gasteiger partial charge on any atom is -0.381 e. The van der Waals surface area contributed by atoms with Crippen LogP contribution < -0.4 is 0 Å². The smallest absolute Gasteiger partial charge is 0.205 e. The molecule has 1 aliphatic heterocycles. The second kappa shape index (κ2) is 4.86.